The van der Waals surface area contributed by atoms with E-state index in [1.807, 2.05) is 97.1 Å². The Morgan fingerprint density at radius 3 is 1.49 bits per heavy atom. The summed E-state index contributed by atoms with van der Waals surface area (Å²) in [6, 6.07) is 40.1. The zero-order valence-electron chi connectivity index (χ0n) is 25.1. The number of benzene rings is 4. The number of hydrogen-bond acceptors (Lipinski definition) is 6. The van der Waals surface area contributed by atoms with Crippen LogP contribution in [0.5, 0.6) is 0 Å². The molecule has 1 aliphatic heterocycles. The van der Waals surface area contributed by atoms with Gasteiger partial charge in [-0.15, -0.1) is 0 Å². The van der Waals surface area contributed by atoms with Gasteiger partial charge in [0.15, 0.2) is 6.29 Å². The molecule has 2 N–H and O–H groups in total. The monoisotopic (exact) mass is 598 g/mol. The van der Waals surface area contributed by atoms with Crippen molar-refractivity contribution in [3.05, 3.63) is 132 Å². The van der Waals surface area contributed by atoms with Gasteiger partial charge in [0.1, 0.15) is 24.4 Å². The van der Waals surface area contributed by atoms with Crippen LogP contribution < -0.4 is 10.4 Å². The molecule has 4 aromatic rings. The lowest BCUT2D eigenvalue weighted by Gasteiger charge is -2.46. The number of hydrogen-bond donors (Lipinski definition) is 2. The van der Waals surface area contributed by atoms with Crippen LogP contribution in [0.15, 0.2) is 121 Å². The third kappa shape index (κ3) is 7.16. The van der Waals surface area contributed by atoms with Gasteiger partial charge >= 0.3 is 0 Å². The maximum Gasteiger partial charge on any atom is 0.261 e. The first-order valence-corrected chi connectivity index (χ1v) is 16.8. The van der Waals surface area contributed by atoms with E-state index in [1.165, 1.54) is 0 Å². The molecule has 4 aromatic carbocycles. The Balaban J connectivity index is 1.41. The smallest absolute Gasteiger partial charge is 0.261 e. The van der Waals surface area contributed by atoms with Crippen molar-refractivity contribution in [2.75, 3.05) is 6.61 Å². The van der Waals surface area contributed by atoms with Gasteiger partial charge in [-0.1, -0.05) is 142 Å². The van der Waals surface area contributed by atoms with Crippen LogP contribution in [-0.4, -0.2) is 55.8 Å². The molecule has 0 saturated carbocycles. The third-order valence-electron chi connectivity index (χ3n) is 8.09. The Morgan fingerprint density at radius 1 is 0.628 bits per heavy atom. The summed E-state index contributed by atoms with van der Waals surface area (Å²) in [5.74, 6) is 0. The van der Waals surface area contributed by atoms with E-state index in [9.17, 15) is 10.2 Å². The first kappa shape index (κ1) is 31.3. The van der Waals surface area contributed by atoms with Crippen LogP contribution in [0.25, 0.3) is 0 Å². The minimum atomic E-state index is -2.90. The van der Waals surface area contributed by atoms with Crippen molar-refractivity contribution in [2.45, 2.75) is 69.7 Å². The predicted octanol–water partition coefficient (Wildman–Crippen LogP) is 4.81. The first-order chi connectivity index (χ1) is 20.8. The molecule has 5 atom stereocenters. The molecule has 0 bridgehead atoms. The molecule has 1 aliphatic rings. The summed E-state index contributed by atoms with van der Waals surface area (Å²) in [6.07, 6.45) is -5.01. The molecule has 0 aliphatic carbocycles. The number of aliphatic hydroxyl groups excluding tert-OH is 2. The van der Waals surface area contributed by atoms with Gasteiger partial charge in [-0.2, -0.15) is 0 Å². The summed E-state index contributed by atoms with van der Waals surface area (Å²) in [5.41, 5.74) is 1.90. The normalized spacial score (nSPS) is 22.8. The Bertz CT molecular complexity index is 1340. The molecule has 1 heterocycles. The first-order valence-electron chi connectivity index (χ1n) is 14.9. The van der Waals surface area contributed by atoms with Crippen LogP contribution in [0.3, 0.4) is 0 Å². The van der Waals surface area contributed by atoms with Crippen LogP contribution in [0, 0.1) is 0 Å². The molecular formula is C36H42O6Si. The Labute approximate surface area is 256 Å². The lowest BCUT2D eigenvalue weighted by atomic mass is 9.98. The van der Waals surface area contributed by atoms with Gasteiger partial charge in [-0.3, -0.25) is 0 Å². The Kier molecular flexibility index (Phi) is 10.3. The fourth-order valence-corrected chi connectivity index (χ4v) is 10.5. The van der Waals surface area contributed by atoms with E-state index < -0.39 is 39.0 Å². The van der Waals surface area contributed by atoms with Crippen LogP contribution in [0.2, 0.25) is 5.04 Å². The molecule has 226 valence electrons. The van der Waals surface area contributed by atoms with E-state index in [0.717, 1.165) is 21.5 Å². The quantitative estimate of drug-likeness (QED) is 0.241. The molecule has 1 saturated heterocycles. The van der Waals surface area contributed by atoms with Crippen molar-refractivity contribution in [1.29, 1.82) is 0 Å². The zero-order chi connectivity index (χ0) is 30.3. The summed E-state index contributed by atoms with van der Waals surface area (Å²) >= 11 is 0. The molecule has 0 unspecified atom stereocenters. The molecule has 0 amide bonds. The highest BCUT2D eigenvalue weighted by Crippen LogP contribution is 2.37. The molecule has 43 heavy (non-hydrogen) atoms. The summed E-state index contributed by atoms with van der Waals surface area (Å²) in [4.78, 5) is 0. The van der Waals surface area contributed by atoms with Crippen molar-refractivity contribution >= 4 is 18.7 Å². The summed E-state index contributed by atoms with van der Waals surface area (Å²) in [6.45, 7) is 7.17. The van der Waals surface area contributed by atoms with Gasteiger partial charge in [0, 0.05) is 0 Å². The molecule has 0 spiro atoms. The second-order valence-electron chi connectivity index (χ2n) is 12.1. The highest BCUT2D eigenvalue weighted by atomic mass is 28.4. The van der Waals surface area contributed by atoms with E-state index in [1.54, 1.807) is 0 Å². The highest BCUT2D eigenvalue weighted by molar-refractivity contribution is 6.99. The highest BCUT2D eigenvalue weighted by Gasteiger charge is 2.52. The van der Waals surface area contributed by atoms with Crippen molar-refractivity contribution in [2.24, 2.45) is 0 Å². The molecule has 0 radical (unpaired) electrons. The van der Waals surface area contributed by atoms with Crippen molar-refractivity contribution in [1.82, 2.24) is 0 Å². The second-order valence-corrected chi connectivity index (χ2v) is 16.4. The second kappa shape index (κ2) is 14.1. The maximum absolute atomic E-state index is 11.7. The molecule has 0 aromatic heterocycles. The van der Waals surface area contributed by atoms with Gasteiger partial charge in [0.25, 0.3) is 8.32 Å². The van der Waals surface area contributed by atoms with Crippen LogP contribution in [0.4, 0.5) is 0 Å². The van der Waals surface area contributed by atoms with Gasteiger partial charge in [0.05, 0.1) is 19.8 Å². The van der Waals surface area contributed by atoms with Gasteiger partial charge in [-0.05, 0) is 26.5 Å². The Hall–Kier alpha value is -3.14. The Morgan fingerprint density at radius 2 is 1.05 bits per heavy atom. The van der Waals surface area contributed by atoms with Crippen LogP contribution >= 0.6 is 0 Å². The number of ether oxygens (including phenoxy) is 3. The summed E-state index contributed by atoms with van der Waals surface area (Å²) < 4.78 is 25.5. The maximum atomic E-state index is 11.7. The standard InChI is InChI=1S/C36H42O6Si/c1-36(2,3)43(29-20-12-6-13-21-29,30-22-14-7-15-23-30)41-26-31-32(37)33(39-24-27-16-8-4-9-17-27)34(35(38)42-31)40-25-28-18-10-5-11-19-28/h4-23,31-35,37-38H,24-26H2,1-3H3/t31-,32-,33+,34-,35-/m1/s1. The zero-order valence-corrected chi connectivity index (χ0v) is 26.1. The number of aliphatic hydroxyl groups is 2. The van der Waals surface area contributed by atoms with Gasteiger partial charge in [0.2, 0.25) is 0 Å². The number of rotatable bonds is 11. The van der Waals surface area contributed by atoms with E-state index >= 15 is 0 Å². The van der Waals surface area contributed by atoms with E-state index in [2.05, 4.69) is 45.0 Å². The third-order valence-corrected chi connectivity index (χ3v) is 13.1. The average Bonchev–Trinajstić information content (AvgIpc) is 3.03. The van der Waals surface area contributed by atoms with Crippen molar-refractivity contribution in [3.63, 3.8) is 0 Å². The fraction of sp³-hybridized carbons (Fsp3) is 0.333. The minimum Gasteiger partial charge on any atom is -0.405 e. The predicted molar refractivity (Wildman–Crippen MR) is 170 cm³/mol. The van der Waals surface area contributed by atoms with Crippen LogP contribution in [0.1, 0.15) is 31.9 Å². The molecular weight excluding hydrogens is 556 g/mol. The average molecular weight is 599 g/mol. The van der Waals surface area contributed by atoms with Gasteiger partial charge in [-0.25, -0.2) is 0 Å². The molecule has 1 fully saturated rings. The fourth-order valence-electron chi connectivity index (χ4n) is 5.92. The topological polar surface area (TPSA) is 77.4 Å². The van der Waals surface area contributed by atoms with Gasteiger partial charge < -0.3 is 28.8 Å². The van der Waals surface area contributed by atoms with E-state index in [0.29, 0.717) is 0 Å². The lowest BCUT2D eigenvalue weighted by molar-refractivity contribution is -0.306. The largest absolute Gasteiger partial charge is 0.405 e. The van der Waals surface area contributed by atoms with Crippen molar-refractivity contribution in [3.8, 4) is 0 Å². The minimum absolute atomic E-state index is 0.0715. The summed E-state index contributed by atoms with van der Waals surface area (Å²) in [5, 5.41) is 25.0. The van der Waals surface area contributed by atoms with E-state index in [-0.39, 0.29) is 24.9 Å². The summed E-state index contributed by atoms with van der Waals surface area (Å²) in [7, 11) is -2.90. The molecule has 7 heteroatoms. The lowest BCUT2D eigenvalue weighted by Crippen LogP contribution is -2.68. The van der Waals surface area contributed by atoms with E-state index in [4.69, 9.17) is 18.6 Å². The van der Waals surface area contributed by atoms with Crippen molar-refractivity contribution < 1.29 is 28.8 Å². The SMILES string of the molecule is CC(C)(C)[Si](OC[C@H]1O[C@@H](O)[C@H](OCc2ccccc2)[C@@H](OCc2ccccc2)[C@@H]1O)(c1ccccc1)c1ccccc1. The molecule has 6 nitrogen and oxygen atoms in total. The molecule has 5 rings (SSSR count). The van der Waals surface area contributed by atoms with Crippen LogP contribution in [-0.2, 0) is 31.9 Å².